The summed E-state index contributed by atoms with van der Waals surface area (Å²) in [5.41, 5.74) is 6.25. The molecule has 0 heterocycles. The second kappa shape index (κ2) is 8.90. The van der Waals surface area contributed by atoms with Crippen LogP contribution in [0.3, 0.4) is 0 Å². The monoisotopic (exact) mass is 432 g/mol. The van der Waals surface area contributed by atoms with Crippen molar-refractivity contribution in [1.82, 2.24) is 10.9 Å². The summed E-state index contributed by atoms with van der Waals surface area (Å²) in [6.45, 7) is 5.29. The van der Waals surface area contributed by atoms with Crippen molar-refractivity contribution in [3.63, 3.8) is 0 Å². The van der Waals surface area contributed by atoms with Crippen LogP contribution in [0.1, 0.15) is 44.0 Å². The quantitative estimate of drug-likeness (QED) is 0.552. The van der Waals surface area contributed by atoms with Crippen molar-refractivity contribution in [3.05, 3.63) is 57.1 Å². The number of nitrogens with one attached hydrogen (secondary N) is 2. The minimum absolute atomic E-state index is 0.0162. The molecule has 7 heteroatoms. The number of ketones is 2. The van der Waals surface area contributed by atoms with E-state index in [-0.39, 0.29) is 30.3 Å². The molecule has 1 aromatic rings. The summed E-state index contributed by atoms with van der Waals surface area (Å²) >= 11 is 3.28. The number of hydrazine groups is 1. The molecule has 1 aliphatic rings. The third kappa shape index (κ3) is 5.23. The third-order valence-corrected chi connectivity index (χ3v) is 4.82. The summed E-state index contributed by atoms with van der Waals surface area (Å²) < 4.78 is 0.841. The molecule has 0 saturated carbocycles. The predicted molar refractivity (Wildman–Crippen MR) is 105 cm³/mol. The Kier molecular flexibility index (Phi) is 6.85. The maximum atomic E-state index is 12.5. The second-order valence-electron chi connectivity index (χ2n) is 6.56. The number of rotatable bonds is 5. The molecule has 27 heavy (non-hydrogen) atoms. The molecule has 0 atom stereocenters. The van der Waals surface area contributed by atoms with E-state index in [2.05, 4.69) is 26.8 Å². The lowest BCUT2D eigenvalue weighted by molar-refractivity contribution is -0.122. The topological polar surface area (TPSA) is 92.3 Å². The predicted octanol–water partition coefficient (Wildman–Crippen LogP) is 3.04. The average Bonchev–Trinajstić information content (AvgIpc) is 2.63. The van der Waals surface area contributed by atoms with Gasteiger partial charge in [-0.3, -0.25) is 30.0 Å². The van der Waals surface area contributed by atoms with Gasteiger partial charge in [0.25, 0.3) is 5.91 Å². The smallest absolute Gasteiger partial charge is 0.269 e. The molecule has 142 valence electrons. The standard InChI is InChI=1S/C20H21BrN2O4/c1-11(2)16-10-17(24)12(3)15(19(16)26)8-9-18(25)22-23-20(27)13-4-6-14(21)7-5-13/h4-7,10-11H,8-9H2,1-3H3,(H,22,25)(H,23,27). The van der Waals surface area contributed by atoms with Crippen LogP contribution in [0.15, 0.2) is 51.5 Å². The van der Waals surface area contributed by atoms with Crippen molar-refractivity contribution in [2.24, 2.45) is 5.92 Å². The van der Waals surface area contributed by atoms with E-state index >= 15 is 0 Å². The van der Waals surface area contributed by atoms with Crippen molar-refractivity contribution in [1.29, 1.82) is 0 Å². The number of amides is 2. The highest BCUT2D eigenvalue weighted by atomic mass is 79.9. The zero-order valence-corrected chi connectivity index (χ0v) is 17.0. The summed E-state index contributed by atoms with van der Waals surface area (Å²) in [6.07, 6.45) is 1.50. The Bertz CT molecular complexity index is 851. The normalized spacial score (nSPS) is 14.3. The molecule has 0 unspecified atom stereocenters. The maximum Gasteiger partial charge on any atom is 0.269 e. The zero-order valence-electron chi connectivity index (χ0n) is 15.4. The first-order valence-corrected chi connectivity index (χ1v) is 9.35. The molecule has 0 spiro atoms. The van der Waals surface area contributed by atoms with Crippen LogP contribution in [0, 0.1) is 5.92 Å². The van der Waals surface area contributed by atoms with Crippen LogP contribution < -0.4 is 10.9 Å². The van der Waals surface area contributed by atoms with Gasteiger partial charge in [-0.2, -0.15) is 0 Å². The highest BCUT2D eigenvalue weighted by Crippen LogP contribution is 2.26. The molecule has 0 radical (unpaired) electrons. The first-order chi connectivity index (χ1) is 12.7. The van der Waals surface area contributed by atoms with E-state index in [0.29, 0.717) is 22.3 Å². The first kappa shape index (κ1) is 20.8. The van der Waals surface area contributed by atoms with Gasteiger partial charge in [0.1, 0.15) is 0 Å². The SMILES string of the molecule is CC1=C(CCC(=O)NNC(=O)c2ccc(Br)cc2)C(=O)C(C(C)C)=CC1=O. The molecule has 6 nitrogen and oxygen atoms in total. The van der Waals surface area contributed by atoms with E-state index in [4.69, 9.17) is 0 Å². The molecule has 0 aliphatic heterocycles. The minimum Gasteiger partial charge on any atom is -0.290 e. The summed E-state index contributed by atoms with van der Waals surface area (Å²) in [5.74, 6) is -1.34. The molecule has 0 fully saturated rings. The fourth-order valence-corrected chi connectivity index (χ4v) is 2.90. The van der Waals surface area contributed by atoms with Gasteiger partial charge in [0.2, 0.25) is 5.91 Å². The second-order valence-corrected chi connectivity index (χ2v) is 7.48. The molecule has 2 amide bonds. The Morgan fingerprint density at radius 3 is 2.30 bits per heavy atom. The van der Waals surface area contributed by atoms with E-state index < -0.39 is 11.8 Å². The Hall–Kier alpha value is -2.54. The molecule has 0 aromatic heterocycles. The molecule has 1 aliphatic carbocycles. The van der Waals surface area contributed by atoms with Crippen molar-refractivity contribution >= 4 is 39.3 Å². The minimum atomic E-state index is -0.444. The van der Waals surface area contributed by atoms with Gasteiger partial charge in [-0.05, 0) is 49.6 Å². The highest BCUT2D eigenvalue weighted by Gasteiger charge is 2.27. The van der Waals surface area contributed by atoms with Crippen LogP contribution in [0.4, 0.5) is 0 Å². The van der Waals surface area contributed by atoms with Crippen molar-refractivity contribution in [2.75, 3.05) is 0 Å². The lowest BCUT2D eigenvalue weighted by Gasteiger charge is -2.19. The summed E-state index contributed by atoms with van der Waals surface area (Å²) in [5, 5.41) is 0. The van der Waals surface area contributed by atoms with Crippen LogP contribution >= 0.6 is 15.9 Å². The van der Waals surface area contributed by atoms with Gasteiger partial charge in [-0.25, -0.2) is 0 Å². The van der Waals surface area contributed by atoms with Crippen LogP contribution in [0.5, 0.6) is 0 Å². The third-order valence-electron chi connectivity index (χ3n) is 4.29. The Labute approximate surface area is 166 Å². The number of benzene rings is 1. The number of carbonyl (C=O) groups excluding carboxylic acids is 4. The molecule has 1 aromatic carbocycles. The number of allylic oxidation sites excluding steroid dienone is 4. The van der Waals surface area contributed by atoms with Gasteiger partial charge >= 0.3 is 0 Å². The molecule has 0 saturated heterocycles. The van der Waals surface area contributed by atoms with Gasteiger partial charge < -0.3 is 0 Å². The van der Waals surface area contributed by atoms with Gasteiger partial charge in [0.05, 0.1) is 0 Å². The largest absolute Gasteiger partial charge is 0.290 e. The van der Waals surface area contributed by atoms with Gasteiger partial charge in [-0.15, -0.1) is 0 Å². The maximum absolute atomic E-state index is 12.5. The van der Waals surface area contributed by atoms with E-state index in [9.17, 15) is 19.2 Å². The van der Waals surface area contributed by atoms with Crippen LogP contribution in [0.2, 0.25) is 0 Å². The lowest BCUT2D eigenvalue weighted by atomic mass is 9.83. The Morgan fingerprint density at radius 2 is 1.70 bits per heavy atom. The van der Waals surface area contributed by atoms with E-state index in [0.717, 1.165) is 4.47 Å². The fourth-order valence-electron chi connectivity index (χ4n) is 2.64. The zero-order chi connectivity index (χ0) is 20.1. The number of halogens is 1. The molecular formula is C20H21BrN2O4. The fraction of sp³-hybridized carbons (Fsp3) is 0.300. The first-order valence-electron chi connectivity index (χ1n) is 8.55. The summed E-state index contributed by atoms with van der Waals surface area (Å²) in [6, 6.07) is 6.67. The highest BCUT2D eigenvalue weighted by molar-refractivity contribution is 9.10. The number of hydrogen-bond donors (Lipinski definition) is 2. The van der Waals surface area contributed by atoms with Crippen molar-refractivity contribution in [3.8, 4) is 0 Å². The molecule has 2 N–H and O–H groups in total. The number of carbonyl (C=O) groups is 4. The summed E-state index contributed by atoms with van der Waals surface area (Å²) in [4.78, 5) is 48.6. The van der Waals surface area contributed by atoms with Crippen molar-refractivity contribution in [2.45, 2.75) is 33.6 Å². The summed E-state index contributed by atoms with van der Waals surface area (Å²) in [7, 11) is 0. The molecule has 0 bridgehead atoms. The van der Waals surface area contributed by atoms with Crippen LogP contribution in [0.25, 0.3) is 0 Å². The Balaban J connectivity index is 1.92. The average molecular weight is 433 g/mol. The Morgan fingerprint density at radius 1 is 1.07 bits per heavy atom. The van der Waals surface area contributed by atoms with Crippen LogP contribution in [-0.4, -0.2) is 23.4 Å². The van der Waals surface area contributed by atoms with Crippen LogP contribution in [-0.2, 0) is 14.4 Å². The van der Waals surface area contributed by atoms with Crippen molar-refractivity contribution < 1.29 is 19.2 Å². The molecular weight excluding hydrogens is 412 g/mol. The van der Waals surface area contributed by atoms with Gasteiger partial charge in [0.15, 0.2) is 11.6 Å². The van der Waals surface area contributed by atoms with Gasteiger partial charge in [0, 0.05) is 33.2 Å². The van der Waals surface area contributed by atoms with E-state index in [1.54, 1.807) is 31.2 Å². The number of Topliss-reactive ketones (excluding diaryl/α,β-unsaturated/α-hetero) is 1. The van der Waals surface area contributed by atoms with E-state index in [1.165, 1.54) is 6.08 Å². The van der Waals surface area contributed by atoms with E-state index in [1.807, 2.05) is 13.8 Å². The lowest BCUT2D eigenvalue weighted by Crippen LogP contribution is -2.41. The number of hydrogen-bond acceptors (Lipinski definition) is 4. The molecule has 2 rings (SSSR count). The van der Waals surface area contributed by atoms with Gasteiger partial charge in [-0.1, -0.05) is 29.8 Å².